The zero-order valence-corrected chi connectivity index (χ0v) is 7.96. The molecule has 0 bridgehead atoms. The molecule has 1 aromatic rings. The Kier molecular flexibility index (Phi) is 2.25. The van der Waals surface area contributed by atoms with Crippen molar-refractivity contribution in [1.29, 1.82) is 5.26 Å². The van der Waals surface area contributed by atoms with Gasteiger partial charge in [0.15, 0.2) is 0 Å². The summed E-state index contributed by atoms with van der Waals surface area (Å²) >= 11 is 0. The number of benzene rings is 1. The predicted molar refractivity (Wildman–Crippen MR) is 52.0 cm³/mol. The van der Waals surface area contributed by atoms with Crippen molar-refractivity contribution < 1.29 is 4.39 Å². The van der Waals surface area contributed by atoms with Crippen molar-refractivity contribution in [3.05, 3.63) is 35.6 Å². The van der Waals surface area contributed by atoms with Crippen molar-refractivity contribution in [2.45, 2.75) is 25.7 Å². The fourth-order valence-corrected chi connectivity index (χ4v) is 1.60. The molecule has 0 radical (unpaired) electrons. The Balaban J connectivity index is 1.93. The molecule has 0 heterocycles. The molecule has 0 atom stereocenters. The van der Waals surface area contributed by atoms with Gasteiger partial charge in [0.05, 0.1) is 11.5 Å². The summed E-state index contributed by atoms with van der Waals surface area (Å²) in [6.07, 6.45) is 3.86. The second-order valence-electron chi connectivity index (χ2n) is 4.02. The van der Waals surface area contributed by atoms with E-state index in [1.54, 1.807) is 12.1 Å². The van der Waals surface area contributed by atoms with Crippen LogP contribution >= 0.6 is 0 Å². The molecule has 0 aliphatic heterocycles. The van der Waals surface area contributed by atoms with Crippen molar-refractivity contribution in [2.75, 3.05) is 0 Å². The van der Waals surface area contributed by atoms with E-state index in [2.05, 4.69) is 6.07 Å². The summed E-state index contributed by atoms with van der Waals surface area (Å²) in [7, 11) is 0. The predicted octanol–water partition coefficient (Wildman–Crippen LogP) is 3.06. The van der Waals surface area contributed by atoms with Crippen LogP contribution in [0, 0.1) is 22.6 Å². The monoisotopic (exact) mass is 189 g/mol. The maximum absolute atomic E-state index is 12.6. The number of aryl methyl sites for hydroxylation is 1. The van der Waals surface area contributed by atoms with Gasteiger partial charge in [0.25, 0.3) is 0 Å². The first-order chi connectivity index (χ1) is 6.74. The number of halogens is 1. The molecule has 2 heteroatoms. The van der Waals surface area contributed by atoms with Gasteiger partial charge in [0.2, 0.25) is 0 Å². The van der Waals surface area contributed by atoms with Crippen LogP contribution in [-0.2, 0) is 6.42 Å². The normalized spacial score (nSPS) is 17.4. The molecule has 0 amide bonds. The van der Waals surface area contributed by atoms with Crippen molar-refractivity contribution in [1.82, 2.24) is 0 Å². The molecule has 0 unspecified atom stereocenters. The van der Waals surface area contributed by atoms with E-state index in [4.69, 9.17) is 5.26 Å². The molecule has 0 N–H and O–H groups in total. The van der Waals surface area contributed by atoms with Crippen molar-refractivity contribution >= 4 is 0 Å². The number of nitriles is 1. The molecule has 14 heavy (non-hydrogen) atoms. The van der Waals surface area contributed by atoms with Crippen LogP contribution in [0.15, 0.2) is 24.3 Å². The summed E-state index contributed by atoms with van der Waals surface area (Å²) in [5.41, 5.74) is 1.07. The maximum Gasteiger partial charge on any atom is 0.123 e. The van der Waals surface area contributed by atoms with Crippen molar-refractivity contribution in [3.8, 4) is 6.07 Å². The lowest BCUT2D eigenvalue weighted by Gasteiger charge is -2.04. The first-order valence-electron chi connectivity index (χ1n) is 4.90. The van der Waals surface area contributed by atoms with Gasteiger partial charge in [-0.15, -0.1) is 0 Å². The van der Waals surface area contributed by atoms with Crippen LogP contribution in [0.3, 0.4) is 0 Å². The third kappa shape index (κ3) is 1.93. The molecule has 1 aliphatic rings. The van der Waals surface area contributed by atoms with Gasteiger partial charge in [-0.25, -0.2) is 4.39 Å². The molecule has 0 saturated heterocycles. The fraction of sp³-hybridized carbons (Fsp3) is 0.417. The van der Waals surface area contributed by atoms with E-state index in [9.17, 15) is 4.39 Å². The maximum atomic E-state index is 12.6. The van der Waals surface area contributed by atoms with E-state index < -0.39 is 0 Å². The second-order valence-corrected chi connectivity index (χ2v) is 4.02. The number of nitrogens with zero attached hydrogens (tertiary/aromatic N) is 1. The van der Waals surface area contributed by atoms with Gasteiger partial charge >= 0.3 is 0 Å². The molecular weight excluding hydrogens is 177 g/mol. The quantitative estimate of drug-likeness (QED) is 0.716. The Morgan fingerprint density at radius 1 is 1.29 bits per heavy atom. The molecule has 0 spiro atoms. The fourth-order valence-electron chi connectivity index (χ4n) is 1.60. The van der Waals surface area contributed by atoms with E-state index in [1.807, 2.05) is 0 Å². The summed E-state index contributed by atoms with van der Waals surface area (Å²) in [6, 6.07) is 8.90. The van der Waals surface area contributed by atoms with Crippen molar-refractivity contribution in [2.24, 2.45) is 5.41 Å². The van der Waals surface area contributed by atoms with E-state index >= 15 is 0 Å². The Bertz CT molecular complexity index is 357. The first kappa shape index (κ1) is 9.21. The van der Waals surface area contributed by atoms with Crippen LogP contribution in [0.4, 0.5) is 4.39 Å². The summed E-state index contributed by atoms with van der Waals surface area (Å²) in [6.45, 7) is 0. The number of hydrogen-bond acceptors (Lipinski definition) is 1. The number of rotatable bonds is 3. The Morgan fingerprint density at radius 2 is 1.93 bits per heavy atom. The zero-order valence-electron chi connectivity index (χ0n) is 7.96. The van der Waals surface area contributed by atoms with E-state index in [1.165, 1.54) is 12.1 Å². The Labute approximate surface area is 83.2 Å². The highest BCUT2D eigenvalue weighted by molar-refractivity contribution is 5.18. The minimum absolute atomic E-state index is 0.0472. The Hall–Kier alpha value is -1.36. The van der Waals surface area contributed by atoms with Gasteiger partial charge in [-0.05, 0) is 43.4 Å². The van der Waals surface area contributed by atoms with Gasteiger partial charge in [-0.1, -0.05) is 12.1 Å². The molecule has 2 rings (SSSR count). The highest BCUT2D eigenvalue weighted by Crippen LogP contribution is 2.48. The lowest BCUT2D eigenvalue weighted by atomic mass is 9.98. The molecule has 1 fully saturated rings. The lowest BCUT2D eigenvalue weighted by Crippen LogP contribution is -1.98. The standard InChI is InChI=1S/C12H12FN/c13-11-3-1-10(2-4-11)5-6-12(9-14)7-8-12/h1-4H,5-8H2. The largest absolute Gasteiger partial charge is 0.207 e. The molecule has 1 aliphatic carbocycles. The average molecular weight is 189 g/mol. The van der Waals surface area contributed by atoms with Gasteiger partial charge in [0.1, 0.15) is 5.82 Å². The molecule has 1 saturated carbocycles. The second kappa shape index (κ2) is 3.42. The highest BCUT2D eigenvalue weighted by atomic mass is 19.1. The topological polar surface area (TPSA) is 23.8 Å². The highest BCUT2D eigenvalue weighted by Gasteiger charge is 2.42. The summed E-state index contributed by atoms with van der Waals surface area (Å²) in [5, 5.41) is 8.87. The molecular formula is C12H12FN. The zero-order chi connectivity index (χ0) is 10.0. The van der Waals surface area contributed by atoms with E-state index in [0.29, 0.717) is 0 Å². The summed E-state index contributed by atoms with van der Waals surface area (Å²) < 4.78 is 12.6. The molecule has 0 aromatic heterocycles. The first-order valence-corrected chi connectivity index (χ1v) is 4.90. The molecule has 1 nitrogen and oxygen atoms in total. The molecule has 72 valence electrons. The lowest BCUT2D eigenvalue weighted by molar-refractivity contribution is 0.594. The van der Waals surface area contributed by atoms with Crippen LogP contribution in [0.5, 0.6) is 0 Å². The van der Waals surface area contributed by atoms with Crippen LogP contribution in [0.1, 0.15) is 24.8 Å². The van der Waals surface area contributed by atoms with Crippen LogP contribution in [0.25, 0.3) is 0 Å². The van der Waals surface area contributed by atoms with Gasteiger partial charge < -0.3 is 0 Å². The minimum Gasteiger partial charge on any atom is -0.207 e. The van der Waals surface area contributed by atoms with Crippen LogP contribution in [0.2, 0.25) is 0 Å². The smallest absolute Gasteiger partial charge is 0.123 e. The van der Waals surface area contributed by atoms with Crippen molar-refractivity contribution in [3.63, 3.8) is 0 Å². The SMILES string of the molecule is N#CC1(CCc2ccc(F)cc2)CC1. The summed E-state index contributed by atoms with van der Waals surface area (Å²) in [4.78, 5) is 0. The van der Waals surface area contributed by atoms with Crippen LogP contribution in [-0.4, -0.2) is 0 Å². The minimum atomic E-state index is -0.199. The Morgan fingerprint density at radius 3 is 2.43 bits per heavy atom. The average Bonchev–Trinajstić information content (AvgIpc) is 2.98. The van der Waals surface area contributed by atoms with Gasteiger partial charge in [-0.2, -0.15) is 5.26 Å². The summed E-state index contributed by atoms with van der Waals surface area (Å²) in [5.74, 6) is -0.199. The molecule has 1 aromatic carbocycles. The van der Waals surface area contributed by atoms with E-state index in [-0.39, 0.29) is 11.2 Å². The van der Waals surface area contributed by atoms with E-state index in [0.717, 1.165) is 31.2 Å². The van der Waals surface area contributed by atoms with Gasteiger partial charge in [0, 0.05) is 0 Å². The van der Waals surface area contributed by atoms with Crippen LogP contribution < -0.4 is 0 Å². The third-order valence-corrected chi connectivity index (χ3v) is 2.90. The number of hydrogen-bond donors (Lipinski definition) is 0. The van der Waals surface area contributed by atoms with Gasteiger partial charge in [-0.3, -0.25) is 0 Å². The third-order valence-electron chi connectivity index (χ3n) is 2.90.